The van der Waals surface area contributed by atoms with Gasteiger partial charge in [0.25, 0.3) is 0 Å². The van der Waals surface area contributed by atoms with E-state index in [4.69, 9.17) is 16.9 Å². The molecule has 19 heavy (non-hydrogen) atoms. The average molecular weight is 300 g/mol. The van der Waals surface area contributed by atoms with Gasteiger partial charge >= 0.3 is 0 Å². The van der Waals surface area contributed by atoms with Gasteiger partial charge in [0.05, 0.1) is 15.5 Å². The van der Waals surface area contributed by atoms with E-state index in [2.05, 4.69) is 10.0 Å². The molecule has 1 aromatic rings. The minimum absolute atomic E-state index is 0.0853. The molecule has 0 amide bonds. The van der Waals surface area contributed by atoms with Crippen molar-refractivity contribution in [2.45, 2.75) is 23.8 Å². The third-order valence-electron chi connectivity index (χ3n) is 2.99. The molecular formula is C12H14ClN3O2S. The van der Waals surface area contributed by atoms with Crippen LogP contribution >= 0.6 is 11.6 Å². The second-order valence-corrected chi connectivity index (χ2v) is 6.54. The van der Waals surface area contributed by atoms with Gasteiger partial charge in [-0.15, -0.1) is 0 Å². The smallest absolute Gasteiger partial charge is 0.240 e. The molecule has 102 valence electrons. The lowest BCUT2D eigenvalue weighted by molar-refractivity contribution is 0.428. The van der Waals surface area contributed by atoms with Crippen LogP contribution in [0.25, 0.3) is 0 Å². The molecule has 5 nitrogen and oxygen atoms in total. The highest BCUT2D eigenvalue weighted by Crippen LogP contribution is 2.20. The monoisotopic (exact) mass is 299 g/mol. The second kappa shape index (κ2) is 5.88. The van der Waals surface area contributed by atoms with Gasteiger partial charge in [0.15, 0.2) is 0 Å². The number of hydrogen-bond acceptors (Lipinski definition) is 4. The quantitative estimate of drug-likeness (QED) is 0.880. The van der Waals surface area contributed by atoms with Gasteiger partial charge < -0.3 is 5.32 Å². The molecule has 0 spiro atoms. The molecule has 0 aromatic heterocycles. The van der Waals surface area contributed by atoms with Crippen LogP contribution in [-0.4, -0.2) is 27.5 Å². The number of piperidine rings is 1. The summed E-state index contributed by atoms with van der Waals surface area (Å²) in [6, 6.07) is 5.90. The second-order valence-electron chi connectivity index (χ2n) is 4.42. The highest BCUT2D eigenvalue weighted by atomic mass is 35.5. The summed E-state index contributed by atoms with van der Waals surface area (Å²) in [5.74, 6) is 0. The van der Waals surface area contributed by atoms with Gasteiger partial charge in [0, 0.05) is 12.6 Å². The van der Waals surface area contributed by atoms with E-state index < -0.39 is 10.0 Å². The van der Waals surface area contributed by atoms with Gasteiger partial charge in [-0.1, -0.05) is 11.6 Å². The standard InChI is InChI=1S/C12H14ClN3O2S/c13-12-6-11(4-3-9(12)7-14)19(17,18)16-10-2-1-5-15-8-10/h3-4,6,10,15-16H,1-2,5,8H2. The molecule has 1 saturated heterocycles. The molecule has 0 aliphatic carbocycles. The highest BCUT2D eigenvalue weighted by Gasteiger charge is 2.22. The number of benzene rings is 1. The summed E-state index contributed by atoms with van der Waals surface area (Å²) in [5.41, 5.74) is 0.264. The molecule has 1 unspecified atom stereocenters. The van der Waals surface area contributed by atoms with Crippen molar-refractivity contribution >= 4 is 21.6 Å². The normalized spacial score (nSPS) is 19.9. The zero-order valence-electron chi connectivity index (χ0n) is 10.2. The predicted molar refractivity (Wildman–Crippen MR) is 72.4 cm³/mol. The molecule has 7 heteroatoms. The van der Waals surface area contributed by atoms with Crippen molar-refractivity contribution in [3.8, 4) is 6.07 Å². The van der Waals surface area contributed by atoms with Gasteiger partial charge in [-0.25, -0.2) is 13.1 Å². The van der Waals surface area contributed by atoms with E-state index in [0.717, 1.165) is 19.4 Å². The van der Waals surface area contributed by atoms with Crippen molar-refractivity contribution in [2.75, 3.05) is 13.1 Å². The maximum absolute atomic E-state index is 12.2. The largest absolute Gasteiger partial charge is 0.315 e. The van der Waals surface area contributed by atoms with E-state index >= 15 is 0 Å². The third kappa shape index (κ3) is 3.45. The molecule has 1 aliphatic rings. The molecular weight excluding hydrogens is 286 g/mol. The van der Waals surface area contributed by atoms with Crippen LogP contribution in [0.5, 0.6) is 0 Å². The van der Waals surface area contributed by atoms with Crippen molar-refractivity contribution in [1.29, 1.82) is 5.26 Å². The Labute approximate surface area is 117 Å². The van der Waals surface area contributed by atoms with Crippen molar-refractivity contribution in [3.63, 3.8) is 0 Å². The molecule has 2 N–H and O–H groups in total. The Bertz CT molecular complexity index is 604. The fourth-order valence-electron chi connectivity index (χ4n) is 1.99. The first-order valence-corrected chi connectivity index (χ1v) is 7.82. The van der Waals surface area contributed by atoms with Gasteiger partial charge in [0.2, 0.25) is 10.0 Å². The molecule has 2 rings (SSSR count). The maximum atomic E-state index is 12.2. The van der Waals surface area contributed by atoms with Crippen LogP contribution < -0.4 is 10.0 Å². The Morgan fingerprint density at radius 3 is 2.84 bits per heavy atom. The van der Waals surface area contributed by atoms with E-state index in [1.54, 1.807) is 0 Å². The van der Waals surface area contributed by atoms with Crippen LogP contribution in [-0.2, 0) is 10.0 Å². The van der Waals surface area contributed by atoms with Crippen LogP contribution in [0, 0.1) is 11.3 Å². The first-order valence-electron chi connectivity index (χ1n) is 5.95. The molecule has 1 fully saturated rings. The van der Waals surface area contributed by atoms with Crippen LogP contribution in [0.1, 0.15) is 18.4 Å². The SMILES string of the molecule is N#Cc1ccc(S(=O)(=O)NC2CCCNC2)cc1Cl. The van der Waals surface area contributed by atoms with Gasteiger partial charge in [-0.3, -0.25) is 0 Å². The van der Waals surface area contributed by atoms with Gasteiger partial charge in [-0.05, 0) is 37.6 Å². The van der Waals surface area contributed by atoms with Crippen molar-refractivity contribution in [3.05, 3.63) is 28.8 Å². The molecule has 1 heterocycles. The Balaban J connectivity index is 2.19. The maximum Gasteiger partial charge on any atom is 0.240 e. The highest BCUT2D eigenvalue weighted by molar-refractivity contribution is 7.89. The lowest BCUT2D eigenvalue weighted by Crippen LogP contribution is -2.45. The number of halogens is 1. The molecule has 0 bridgehead atoms. The Hall–Kier alpha value is -1.13. The fourth-order valence-corrected chi connectivity index (χ4v) is 3.58. The van der Waals surface area contributed by atoms with Gasteiger partial charge in [0.1, 0.15) is 6.07 Å². The van der Waals surface area contributed by atoms with E-state index in [0.29, 0.717) is 6.54 Å². The zero-order valence-corrected chi connectivity index (χ0v) is 11.8. The predicted octanol–water partition coefficient (Wildman–Crippen LogP) is 1.24. The van der Waals surface area contributed by atoms with Crippen LogP contribution in [0.4, 0.5) is 0 Å². The summed E-state index contributed by atoms with van der Waals surface area (Å²) < 4.78 is 27.0. The van der Waals surface area contributed by atoms with E-state index in [1.807, 2.05) is 6.07 Å². The Morgan fingerprint density at radius 2 is 2.26 bits per heavy atom. The summed E-state index contributed by atoms with van der Waals surface area (Å²) in [5, 5.41) is 12.1. The summed E-state index contributed by atoms with van der Waals surface area (Å²) >= 11 is 5.85. The summed E-state index contributed by atoms with van der Waals surface area (Å²) in [6.07, 6.45) is 1.76. The lowest BCUT2D eigenvalue weighted by Gasteiger charge is -2.23. The Morgan fingerprint density at radius 1 is 1.47 bits per heavy atom. The van der Waals surface area contributed by atoms with Crippen molar-refractivity contribution in [1.82, 2.24) is 10.0 Å². The summed E-state index contributed by atoms with van der Waals surface area (Å²) in [6.45, 7) is 1.55. The number of nitriles is 1. The summed E-state index contributed by atoms with van der Waals surface area (Å²) in [4.78, 5) is 0.0853. The first kappa shape index (κ1) is 14.3. The van der Waals surface area contributed by atoms with Crippen LogP contribution in [0.15, 0.2) is 23.1 Å². The first-order chi connectivity index (χ1) is 9.03. The number of rotatable bonds is 3. The van der Waals surface area contributed by atoms with E-state index in [9.17, 15) is 8.42 Å². The van der Waals surface area contributed by atoms with Crippen LogP contribution in [0.2, 0.25) is 5.02 Å². The number of nitrogens with zero attached hydrogens (tertiary/aromatic N) is 1. The van der Waals surface area contributed by atoms with Crippen molar-refractivity contribution < 1.29 is 8.42 Å². The Kier molecular flexibility index (Phi) is 4.42. The third-order valence-corrected chi connectivity index (χ3v) is 4.82. The van der Waals surface area contributed by atoms with Gasteiger partial charge in [-0.2, -0.15) is 5.26 Å². The molecule has 1 atom stereocenters. The summed E-state index contributed by atoms with van der Waals surface area (Å²) in [7, 11) is -3.59. The number of hydrogen-bond donors (Lipinski definition) is 2. The molecule has 0 radical (unpaired) electrons. The topological polar surface area (TPSA) is 82.0 Å². The van der Waals surface area contributed by atoms with E-state index in [-0.39, 0.29) is 21.5 Å². The van der Waals surface area contributed by atoms with E-state index in [1.165, 1.54) is 18.2 Å². The lowest BCUT2D eigenvalue weighted by atomic mass is 10.1. The van der Waals surface area contributed by atoms with Crippen molar-refractivity contribution in [2.24, 2.45) is 0 Å². The minimum atomic E-state index is -3.59. The molecule has 0 saturated carbocycles. The average Bonchev–Trinajstić information content (AvgIpc) is 2.39. The molecule has 1 aliphatic heterocycles. The zero-order chi connectivity index (χ0) is 13.9. The van der Waals surface area contributed by atoms with Crippen LogP contribution in [0.3, 0.4) is 0 Å². The number of sulfonamides is 1. The minimum Gasteiger partial charge on any atom is -0.315 e. The fraction of sp³-hybridized carbons (Fsp3) is 0.417. The molecule has 1 aromatic carbocycles. The number of nitrogens with one attached hydrogen (secondary N) is 2.